The zero-order chi connectivity index (χ0) is 20.2. The fourth-order valence-corrected chi connectivity index (χ4v) is 2.88. The molecule has 0 unspecified atom stereocenters. The predicted octanol–water partition coefficient (Wildman–Crippen LogP) is 3.66. The number of hydrogen-bond acceptors (Lipinski definition) is 3. The maximum Gasteiger partial charge on any atom is 0.270 e. The van der Waals surface area contributed by atoms with Crippen molar-refractivity contribution in [3.05, 3.63) is 112 Å². The van der Waals surface area contributed by atoms with Gasteiger partial charge in [-0.25, -0.2) is 4.98 Å². The van der Waals surface area contributed by atoms with Gasteiger partial charge in [-0.2, -0.15) is 0 Å². The van der Waals surface area contributed by atoms with E-state index in [0.717, 1.165) is 16.7 Å². The molecule has 2 aromatic heterocycles. The lowest BCUT2D eigenvalue weighted by Gasteiger charge is -2.07. The summed E-state index contributed by atoms with van der Waals surface area (Å²) in [5.41, 5.74) is 3.20. The van der Waals surface area contributed by atoms with E-state index < -0.39 is 11.5 Å². The van der Waals surface area contributed by atoms with Crippen LogP contribution in [0.2, 0.25) is 0 Å². The summed E-state index contributed by atoms with van der Waals surface area (Å²) in [5.74, 6) is 5.65. The van der Waals surface area contributed by atoms with Crippen molar-refractivity contribution < 1.29 is 4.79 Å². The fourth-order valence-electron chi connectivity index (χ4n) is 2.88. The number of aromatic nitrogens is 2. The Labute approximate surface area is 167 Å². The first-order valence-corrected chi connectivity index (χ1v) is 9.07. The van der Waals surface area contributed by atoms with Crippen molar-refractivity contribution in [3.8, 4) is 11.8 Å². The van der Waals surface area contributed by atoms with E-state index in [4.69, 9.17) is 0 Å². The van der Waals surface area contributed by atoms with Gasteiger partial charge in [0.1, 0.15) is 11.2 Å². The van der Waals surface area contributed by atoms with Crippen molar-refractivity contribution >= 4 is 17.2 Å². The standard InChI is InChI=1S/C24H17N3O2/c1-17-10-13-22-25-15-21(24(29)27(22)16-17)23(28)26-20-9-5-8-19(14-20)12-11-18-6-3-2-4-7-18/h2-10,13-16H,1H3,(H,26,28). The van der Waals surface area contributed by atoms with Gasteiger partial charge in [-0.1, -0.05) is 42.2 Å². The first-order valence-electron chi connectivity index (χ1n) is 9.07. The molecule has 0 saturated heterocycles. The van der Waals surface area contributed by atoms with Gasteiger partial charge in [0.05, 0.1) is 0 Å². The molecule has 29 heavy (non-hydrogen) atoms. The molecule has 2 heterocycles. The molecule has 4 rings (SSSR count). The minimum atomic E-state index is -0.508. The Morgan fingerprint density at radius 2 is 1.72 bits per heavy atom. The molecule has 1 N–H and O–H groups in total. The molecule has 140 valence electrons. The number of nitrogens with zero attached hydrogens (tertiary/aromatic N) is 2. The highest BCUT2D eigenvalue weighted by Gasteiger charge is 2.13. The van der Waals surface area contributed by atoms with Crippen LogP contribution in [0.1, 0.15) is 27.0 Å². The van der Waals surface area contributed by atoms with Crippen LogP contribution < -0.4 is 10.9 Å². The van der Waals surface area contributed by atoms with E-state index in [0.29, 0.717) is 11.3 Å². The molecule has 5 heteroatoms. The maximum atomic E-state index is 12.7. The first kappa shape index (κ1) is 18.2. The van der Waals surface area contributed by atoms with Gasteiger partial charge in [-0.15, -0.1) is 0 Å². The predicted molar refractivity (Wildman–Crippen MR) is 113 cm³/mol. The molecule has 0 fully saturated rings. The number of anilines is 1. The van der Waals surface area contributed by atoms with E-state index in [1.165, 1.54) is 10.6 Å². The van der Waals surface area contributed by atoms with Crippen LogP contribution in [-0.2, 0) is 0 Å². The number of carbonyl (C=O) groups excluding carboxylic acids is 1. The second kappa shape index (κ2) is 7.83. The second-order valence-electron chi connectivity index (χ2n) is 6.56. The largest absolute Gasteiger partial charge is 0.322 e. The minimum absolute atomic E-state index is 0.0196. The van der Waals surface area contributed by atoms with Gasteiger partial charge in [-0.3, -0.25) is 14.0 Å². The molecule has 4 aromatic rings. The molecule has 0 atom stereocenters. The number of rotatable bonds is 2. The third-order valence-corrected chi connectivity index (χ3v) is 4.34. The molecule has 0 bridgehead atoms. The Balaban J connectivity index is 1.59. The van der Waals surface area contributed by atoms with Crippen LogP contribution in [0.4, 0.5) is 5.69 Å². The van der Waals surface area contributed by atoms with E-state index in [9.17, 15) is 9.59 Å². The van der Waals surface area contributed by atoms with Crippen molar-refractivity contribution in [2.24, 2.45) is 0 Å². The van der Waals surface area contributed by atoms with E-state index in [1.807, 2.05) is 49.4 Å². The Morgan fingerprint density at radius 1 is 0.966 bits per heavy atom. The minimum Gasteiger partial charge on any atom is -0.322 e. The Kier molecular flexibility index (Phi) is 4.91. The second-order valence-corrected chi connectivity index (χ2v) is 6.56. The number of nitrogens with one attached hydrogen (secondary N) is 1. The highest BCUT2D eigenvalue weighted by atomic mass is 16.2. The van der Waals surface area contributed by atoms with Crippen molar-refractivity contribution in [3.63, 3.8) is 0 Å². The fraction of sp³-hybridized carbons (Fsp3) is 0.0417. The molecule has 0 aliphatic heterocycles. The molecule has 0 aliphatic rings. The third kappa shape index (κ3) is 4.07. The summed E-state index contributed by atoms with van der Waals surface area (Å²) in [6.45, 7) is 1.88. The first-order chi connectivity index (χ1) is 14.1. The lowest BCUT2D eigenvalue weighted by molar-refractivity contribution is 0.102. The summed E-state index contributed by atoms with van der Waals surface area (Å²) < 4.78 is 1.38. The zero-order valence-corrected chi connectivity index (χ0v) is 15.7. The number of hydrogen-bond donors (Lipinski definition) is 1. The molecule has 1 amide bonds. The van der Waals surface area contributed by atoms with Crippen LogP contribution in [0.5, 0.6) is 0 Å². The highest BCUT2D eigenvalue weighted by Crippen LogP contribution is 2.11. The number of pyridine rings is 1. The summed E-state index contributed by atoms with van der Waals surface area (Å²) in [6, 6.07) is 20.5. The lowest BCUT2D eigenvalue weighted by Crippen LogP contribution is -2.26. The quantitative estimate of drug-likeness (QED) is 0.541. The van der Waals surface area contributed by atoms with Crippen LogP contribution in [0.25, 0.3) is 5.65 Å². The molecular weight excluding hydrogens is 362 g/mol. The van der Waals surface area contributed by atoms with Crippen molar-refractivity contribution in [2.45, 2.75) is 6.92 Å². The normalized spacial score (nSPS) is 10.2. The van der Waals surface area contributed by atoms with Crippen LogP contribution in [0, 0.1) is 18.8 Å². The Bertz CT molecular complexity index is 1330. The topological polar surface area (TPSA) is 63.5 Å². The Hall–Kier alpha value is -4.17. The van der Waals surface area contributed by atoms with E-state index in [-0.39, 0.29) is 5.56 Å². The summed E-state index contributed by atoms with van der Waals surface area (Å²) in [4.78, 5) is 29.5. The van der Waals surface area contributed by atoms with Gasteiger partial charge in [0.15, 0.2) is 0 Å². The van der Waals surface area contributed by atoms with Crippen LogP contribution in [-0.4, -0.2) is 15.3 Å². The molecule has 0 aliphatic carbocycles. The summed E-state index contributed by atoms with van der Waals surface area (Å²) in [6.07, 6.45) is 2.97. The number of amides is 1. The van der Waals surface area contributed by atoms with Gasteiger partial charge in [0.25, 0.3) is 11.5 Å². The smallest absolute Gasteiger partial charge is 0.270 e. The SMILES string of the molecule is Cc1ccc2ncc(C(=O)Nc3cccc(C#Cc4ccccc4)c3)c(=O)n2c1. The lowest BCUT2D eigenvalue weighted by atomic mass is 10.1. The van der Waals surface area contributed by atoms with Crippen molar-refractivity contribution in [1.82, 2.24) is 9.38 Å². The average Bonchev–Trinajstić information content (AvgIpc) is 2.74. The number of benzene rings is 2. The highest BCUT2D eigenvalue weighted by molar-refractivity contribution is 6.04. The summed E-state index contributed by atoms with van der Waals surface area (Å²) in [7, 11) is 0. The molecule has 2 aromatic carbocycles. The van der Waals surface area contributed by atoms with Crippen LogP contribution in [0.15, 0.2) is 83.9 Å². The van der Waals surface area contributed by atoms with Gasteiger partial charge >= 0.3 is 0 Å². The third-order valence-electron chi connectivity index (χ3n) is 4.34. The van der Waals surface area contributed by atoms with Gasteiger partial charge in [0.2, 0.25) is 0 Å². The molecule has 5 nitrogen and oxygen atoms in total. The number of aryl methyl sites for hydroxylation is 1. The van der Waals surface area contributed by atoms with E-state index in [2.05, 4.69) is 22.1 Å². The van der Waals surface area contributed by atoms with Gasteiger partial charge < -0.3 is 5.32 Å². The Morgan fingerprint density at radius 3 is 2.55 bits per heavy atom. The monoisotopic (exact) mass is 379 g/mol. The van der Waals surface area contributed by atoms with Crippen molar-refractivity contribution in [1.29, 1.82) is 0 Å². The van der Waals surface area contributed by atoms with E-state index in [1.54, 1.807) is 30.5 Å². The molecule has 0 radical (unpaired) electrons. The van der Waals surface area contributed by atoms with Crippen LogP contribution >= 0.6 is 0 Å². The number of carbonyl (C=O) groups is 1. The van der Waals surface area contributed by atoms with Crippen LogP contribution in [0.3, 0.4) is 0 Å². The van der Waals surface area contributed by atoms with Crippen molar-refractivity contribution in [2.75, 3.05) is 5.32 Å². The van der Waals surface area contributed by atoms with E-state index >= 15 is 0 Å². The maximum absolute atomic E-state index is 12.7. The zero-order valence-electron chi connectivity index (χ0n) is 15.7. The number of fused-ring (bicyclic) bond motifs is 1. The summed E-state index contributed by atoms with van der Waals surface area (Å²) in [5, 5.41) is 2.76. The summed E-state index contributed by atoms with van der Waals surface area (Å²) >= 11 is 0. The average molecular weight is 379 g/mol. The van der Waals surface area contributed by atoms with Gasteiger partial charge in [-0.05, 0) is 48.9 Å². The molecular formula is C24H17N3O2. The molecule has 0 spiro atoms. The molecule has 0 saturated carbocycles. The van der Waals surface area contributed by atoms with Gasteiger partial charge in [0, 0.05) is 29.2 Å².